The van der Waals surface area contributed by atoms with E-state index in [1.165, 1.54) is 60.7 Å². The molecule has 2 aromatic heterocycles. The second-order valence-electron chi connectivity index (χ2n) is 6.38. The van der Waals surface area contributed by atoms with Gasteiger partial charge in [0.1, 0.15) is 12.4 Å². The number of aryl methyl sites for hydroxylation is 1. The van der Waals surface area contributed by atoms with Crippen LogP contribution in [0.5, 0.6) is 0 Å². The third-order valence-corrected chi connectivity index (χ3v) is 4.31. The molecule has 29 heavy (non-hydrogen) atoms. The number of halogens is 1. The summed E-state index contributed by atoms with van der Waals surface area (Å²) in [4.78, 5) is 52.7. The Bertz CT molecular complexity index is 1210. The molecule has 1 N–H and O–H groups in total. The number of aromatic nitrogens is 4. The summed E-state index contributed by atoms with van der Waals surface area (Å²) in [5.41, 5.74) is -0.593. The molecular weight excluding hydrogens is 385 g/mol. The van der Waals surface area contributed by atoms with Crippen molar-refractivity contribution in [3.8, 4) is 0 Å². The number of carbonyl (C=O) groups excluding carboxylic acids is 2. The molecule has 2 heterocycles. The van der Waals surface area contributed by atoms with E-state index >= 15 is 0 Å². The molecule has 152 valence electrons. The van der Waals surface area contributed by atoms with E-state index in [9.17, 15) is 23.6 Å². The van der Waals surface area contributed by atoms with E-state index in [4.69, 9.17) is 4.74 Å². The van der Waals surface area contributed by atoms with Gasteiger partial charge in [-0.3, -0.25) is 23.5 Å². The first-order chi connectivity index (χ1) is 13.7. The molecule has 10 nitrogen and oxygen atoms in total. The lowest BCUT2D eigenvalue weighted by Crippen LogP contribution is -2.38. The molecule has 1 aromatic carbocycles. The SMILES string of the molecule is C[C@@H](OC(=O)Cn1cnc2c1c(=O)n(C)c(=O)n2C)C(=O)Nc1ccc(F)cc1. The van der Waals surface area contributed by atoms with E-state index in [1.807, 2.05) is 0 Å². The predicted octanol–water partition coefficient (Wildman–Crippen LogP) is 0.143. The van der Waals surface area contributed by atoms with Crippen LogP contribution >= 0.6 is 0 Å². The molecule has 3 rings (SSSR count). The first kappa shape index (κ1) is 20.0. The zero-order valence-corrected chi connectivity index (χ0v) is 15.9. The number of nitrogens with one attached hydrogen (secondary N) is 1. The molecule has 11 heteroatoms. The Balaban J connectivity index is 1.72. The van der Waals surface area contributed by atoms with Gasteiger partial charge in [0.05, 0.1) is 6.33 Å². The molecule has 0 aliphatic carbocycles. The van der Waals surface area contributed by atoms with Crippen molar-refractivity contribution in [3.05, 3.63) is 57.2 Å². The number of ether oxygens (including phenoxy) is 1. The third kappa shape index (κ3) is 3.93. The Morgan fingerprint density at radius 2 is 1.83 bits per heavy atom. The van der Waals surface area contributed by atoms with E-state index < -0.39 is 35.0 Å². The largest absolute Gasteiger partial charge is 0.451 e. The average molecular weight is 403 g/mol. The van der Waals surface area contributed by atoms with Crippen molar-refractivity contribution in [2.75, 3.05) is 5.32 Å². The van der Waals surface area contributed by atoms with Crippen molar-refractivity contribution in [1.82, 2.24) is 18.7 Å². The van der Waals surface area contributed by atoms with Crippen LogP contribution in [0.2, 0.25) is 0 Å². The number of hydrogen-bond acceptors (Lipinski definition) is 6. The van der Waals surface area contributed by atoms with Crippen molar-refractivity contribution in [1.29, 1.82) is 0 Å². The molecule has 0 radical (unpaired) electrons. The second-order valence-corrected chi connectivity index (χ2v) is 6.38. The Labute approximate surface area is 163 Å². The number of nitrogens with zero attached hydrogens (tertiary/aromatic N) is 4. The number of carbonyl (C=O) groups is 2. The number of benzene rings is 1. The van der Waals surface area contributed by atoms with E-state index in [0.717, 1.165) is 4.57 Å². The standard InChI is InChI=1S/C18H18FN5O5/c1-10(16(26)21-12-6-4-11(19)5-7-12)29-13(25)8-24-9-20-15-14(24)17(27)23(3)18(28)22(15)2/h4-7,9-10H,8H2,1-3H3,(H,21,26)/t10-/m1/s1. The molecule has 0 bridgehead atoms. The average Bonchev–Trinajstić information content (AvgIpc) is 3.09. The number of fused-ring (bicyclic) bond motifs is 1. The van der Waals surface area contributed by atoms with Crippen LogP contribution in [0.4, 0.5) is 10.1 Å². The van der Waals surface area contributed by atoms with E-state index in [2.05, 4.69) is 10.3 Å². The zero-order valence-electron chi connectivity index (χ0n) is 15.9. The molecular formula is C18H18FN5O5. The van der Waals surface area contributed by atoms with Crippen LogP contribution in [0.15, 0.2) is 40.2 Å². The molecule has 1 atom stereocenters. The highest BCUT2D eigenvalue weighted by Gasteiger charge is 2.20. The van der Waals surface area contributed by atoms with Gasteiger partial charge in [-0.05, 0) is 31.2 Å². The Morgan fingerprint density at radius 3 is 2.48 bits per heavy atom. The molecule has 3 aromatic rings. The fourth-order valence-electron chi connectivity index (χ4n) is 2.72. The van der Waals surface area contributed by atoms with Crippen LogP contribution in [0, 0.1) is 5.82 Å². The lowest BCUT2D eigenvalue weighted by molar-refractivity contribution is -0.153. The van der Waals surface area contributed by atoms with E-state index in [-0.39, 0.29) is 17.7 Å². The van der Waals surface area contributed by atoms with Crippen LogP contribution < -0.4 is 16.6 Å². The fraction of sp³-hybridized carbons (Fsp3) is 0.278. The Hall–Kier alpha value is -3.76. The summed E-state index contributed by atoms with van der Waals surface area (Å²) in [5.74, 6) is -1.82. The summed E-state index contributed by atoms with van der Waals surface area (Å²) in [5, 5.41) is 2.50. The number of rotatable bonds is 5. The quantitative estimate of drug-likeness (QED) is 0.606. The predicted molar refractivity (Wildman–Crippen MR) is 101 cm³/mol. The number of anilines is 1. The van der Waals surface area contributed by atoms with Crippen LogP contribution in [-0.4, -0.2) is 36.7 Å². The second kappa shape index (κ2) is 7.70. The van der Waals surface area contributed by atoms with Gasteiger partial charge in [0.2, 0.25) is 0 Å². The minimum Gasteiger partial charge on any atom is -0.451 e. The van der Waals surface area contributed by atoms with Crippen LogP contribution in [0.3, 0.4) is 0 Å². The molecule has 0 aliphatic heterocycles. The van der Waals surface area contributed by atoms with Gasteiger partial charge in [0.25, 0.3) is 11.5 Å². The molecule has 0 saturated carbocycles. The highest BCUT2D eigenvalue weighted by atomic mass is 19.1. The van der Waals surface area contributed by atoms with Crippen LogP contribution in [0.25, 0.3) is 11.2 Å². The smallest absolute Gasteiger partial charge is 0.332 e. The number of imidazole rings is 1. The summed E-state index contributed by atoms with van der Waals surface area (Å²) in [6.45, 7) is 1.00. The monoisotopic (exact) mass is 403 g/mol. The van der Waals surface area contributed by atoms with Gasteiger partial charge in [-0.25, -0.2) is 14.2 Å². The van der Waals surface area contributed by atoms with Gasteiger partial charge in [-0.15, -0.1) is 0 Å². The molecule has 0 fully saturated rings. The lowest BCUT2D eigenvalue weighted by Gasteiger charge is -2.14. The minimum atomic E-state index is -1.13. The Kier molecular flexibility index (Phi) is 5.31. The van der Waals surface area contributed by atoms with Gasteiger partial charge in [-0.1, -0.05) is 0 Å². The van der Waals surface area contributed by atoms with Gasteiger partial charge in [0, 0.05) is 19.8 Å². The molecule has 0 saturated heterocycles. The van der Waals surface area contributed by atoms with Gasteiger partial charge in [-0.2, -0.15) is 0 Å². The molecule has 0 spiro atoms. The first-order valence-electron chi connectivity index (χ1n) is 8.55. The van der Waals surface area contributed by atoms with Gasteiger partial charge in [0.15, 0.2) is 17.3 Å². The van der Waals surface area contributed by atoms with E-state index in [1.54, 1.807) is 0 Å². The normalized spacial score (nSPS) is 12.0. The maximum Gasteiger partial charge on any atom is 0.332 e. The van der Waals surface area contributed by atoms with Crippen molar-refractivity contribution in [3.63, 3.8) is 0 Å². The minimum absolute atomic E-state index is 0.0648. The summed E-state index contributed by atoms with van der Waals surface area (Å²) >= 11 is 0. The van der Waals surface area contributed by atoms with Crippen molar-refractivity contribution in [2.24, 2.45) is 14.1 Å². The Morgan fingerprint density at radius 1 is 1.17 bits per heavy atom. The van der Waals surface area contributed by atoms with Gasteiger partial charge >= 0.3 is 11.7 Å². The van der Waals surface area contributed by atoms with Crippen LogP contribution in [0.1, 0.15) is 6.92 Å². The molecule has 0 aliphatic rings. The first-order valence-corrected chi connectivity index (χ1v) is 8.55. The van der Waals surface area contributed by atoms with Gasteiger partial charge < -0.3 is 14.6 Å². The van der Waals surface area contributed by atoms with Crippen molar-refractivity contribution in [2.45, 2.75) is 19.6 Å². The maximum absolute atomic E-state index is 12.9. The number of amides is 1. The van der Waals surface area contributed by atoms with Crippen LogP contribution in [-0.2, 0) is 35.0 Å². The van der Waals surface area contributed by atoms with E-state index in [0.29, 0.717) is 5.69 Å². The highest BCUT2D eigenvalue weighted by Crippen LogP contribution is 2.10. The zero-order chi connectivity index (χ0) is 21.3. The number of hydrogen-bond donors (Lipinski definition) is 1. The highest BCUT2D eigenvalue weighted by molar-refractivity contribution is 5.95. The topological polar surface area (TPSA) is 117 Å². The molecule has 1 amide bonds. The lowest BCUT2D eigenvalue weighted by atomic mass is 10.3. The maximum atomic E-state index is 12.9. The summed E-state index contributed by atoms with van der Waals surface area (Å²) < 4.78 is 21.4. The van der Waals surface area contributed by atoms with Crippen molar-refractivity contribution >= 4 is 28.7 Å². The summed E-state index contributed by atoms with van der Waals surface area (Å²) in [6, 6.07) is 5.12. The summed E-state index contributed by atoms with van der Waals surface area (Å²) in [7, 11) is 2.78. The summed E-state index contributed by atoms with van der Waals surface area (Å²) in [6.07, 6.45) is 0.116. The fourth-order valence-corrected chi connectivity index (χ4v) is 2.72. The van der Waals surface area contributed by atoms with Crippen molar-refractivity contribution < 1.29 is 18.7 Å². The third-order valence-electron chi connectivity index (χ3n) is 4.31. The number of esters is 1. The molecule has 0 unspecified atom stereocenters.